The molecule has 3 aromatic rings. The molecule has 22 heavy (non-hydrogen) atoms. The van der Waals surface area contributed by atoms with Crippen molar-refractivity contribution in [3.05, 3.63) is 60.1 Å². The number of benzene rings is 1. The summed E-state index contributed by atoms with van der Waals surface area (Å²) in [7, 11) is 0. The first-order chi connectivity index (χ1) is 10.7. The largest absolute Gasteiger partial charge is 0.458 e. The first kappa shape index (κ1) is 12.5. The second-order valence-electron chi connectivity index (χ2n) is 4.90. The van der Waals surface area contributed by atoms with Crippen LogP contribution in [-0.2, 0) is 6.42 Å². The smallest absolute Gasteiger partial charge is 0.285 e. The molecule has 0 unspecified atom stereocenters. The van der Waals surface area contributed by atoms with Crippen LogP contribution >= 0.6 is 0 Å². The number of hydrogen-bond donors (Lipinski definition) is 1. The Bertz CT molecular complexity index is 892. The van der Waals surface area contributed by atoms with Crippen molar-refractivity contribution >= 4 is 11.6 Å². The predicted molar refractivity (Wildman–Crippen MR) is 78.3 cm³/mol. The monoisotopic (exact) mass is 293 g/mol. The normalized spacial score (nSPS) is 13.0. The average Bonchev–Trinajstić information content (AvgIpc) is 3.21. The third-order valence-corrected chi connectivity index (χ3v) is 3.54. The van der Waals surface area contributed by atoms with Gasteiger partial charge in [-0.2, -0.15) is 5.10 Å². The molecule has 2 aromatic heterocycles. The molecule has 7 heteroatoms. The first-order valence-electron chi connectivity index (χ1n) is 6.68. The summed E-state index contributed by atoms with van der Waals surface area (Å²) in [6.07, 6.45) is 3.53. The molecule has 0 bridgehead atoms. The van der Waals surface area contributed by atoms with Crippen LogP contribution in [-0.4, -0.2) is 26.5 Å². The summed E-state index contributed by atoms with van der Waals surface area (Å²) in [5, 5.41) is 12.2. The van der Waals surface area contributed by atoms with E-state index in [-0.39, 0.29) is 5.76 Å². The fourth-order valence-electron chi connectivity index (χ4n) is 2.56. The highest BCUT2D eigenvalue weighted by atomic mass is 16.3. The summed E-state index contributed by atoms with van der Waals surface area (Å²) in [6, 6.07) is 9.64. The van der Waals surface area contributed by atoms with Crippen LogP contribution < -0.4 is 5.73 Å². The SMILES string of the molecule is NC(=O)c1occ(-c2ccccc2)c1C1=Nn2cnnc2C1. The van der Waals surface area contributed by atoms with Gasteiger partial charge >= 0.3 is 0 Å². The fourth-order valence-corrected chi connectivity index (χ4v) is 2.56. The van der Waals surface area contributed by atoms with Gasteiger partial charge in [-0.15, -0.1) is 10.2 Å². The van der Waals surface area contributed by atoms with Crippen LogP contribution in [0.5, 0.6) is 0 Å². The van der Waals surface area contributed by atoms with E-state index in [0.29, 0.717) is 23.5 Å². The molecule has 1 aliphatic heterocycles. The van der Waals surface area contributed by atoms with Crippen molar-refractivity contribution in [3.8, 4) is 11.1 Å². The van der Waals surface area contributed by atoms with E-state index in [1.54, 1.807) is 4.68 Å². The molecule has 7 nitrogen and oxygen atoms in total. The van der Waals surface area contributed by atoms with Crippen LogP contribution in [0.15, 0.2) is 52.4 Å². The Morgan fingerprint density at radius 3 is 2.82 bits per heavy atom. The number of fused-ring (bicyclic) bond motifs is 1. The molecule has 4 rings (SSSR count). The minimum Gasteiger partial charge on any atom is -0.458 e. The van der Waals surface area contributed by atoms with Gasteiger partial charge < -0.3 is 10.2 Å². The second-order valence-corrected chi connectivity index (χ2v) is 4.90. The van der Waals surface area contributed by atoms with Crippen LogP contribution in [0, 0.1) is 0 Å². The topological polar surface area (TPSA) is 99.3 Å². The maximum absolute atomic E-state index is 11.7. The standard InChI is InChI=1S/C15H11N5O2/c16-15(21)14-13(11-6-12-18-17-8-20(12)19-11)10(7-22-14)9-4-2-1-3-5-9/h1-5,7-8H,6H2,(H2,16,21). The van der Waals surface area contributed by atoms with Gasteiger partial charge in [0.25, 0.3) is 5.91 Å². The van der Waals surface area contributed by atoms with E-state index in [9.17, 15) is 4.79 Å². The van der Waals surface area contributed by atoms with Gasteiger partial charge in [-0.05, 0) is 5.56 Å². The summed E-state index contributed by atoms with van der Waals surface area (Å²) in [6.45, 7) is 0. The highest BCUT2D eigenvalue weighted by Crippen LogP contribution is 2.31. The lowest BCUT2D eigenvalue weighted by molar-refractivity contribution is 0.0973. The molecule has 0 saturated carbocycles. The van der Waals surface area contributed by atoms with Crippen molar-refractivity contribution < 1.29 is 9.21 Å². The Morgan fingerprint density at radius 2 is 2.09 bits per heavy atom. The van der Waals surface area contributed by atoms with Gasteiger partial charge in [0, 0.05) is 5.56 Å². The number of rotatable bonds is 3. The van der Waals surface area contributed by atoms with Crippen LogP contribution in [0.3, 0.4) is 0 Å². The third-order valence-electron chi connectivity index (χ3n) is 3.54. The second kappa shape index (κ2) is 4.66. The maximum atomic E-state index is 11.7. The Labute approximate surface area is 125 Å². The summed E-state index contributed by atoms with van der Waals surface area (Å²) in [4.78, 5) is 11.7. The van der Waals surface area contributed by atoms with E-state index >= 15 is 0 Å². The highest BCUT2D eigenvalue weighted by molar-refractivity contribution is 6.13. The molecule has 0 fully saturated rings. The average molecular weight is 293 g/mol. The molecule has 0 saturated heterocycles. The number of furan rings is 1. The van der Waals surface area contributed by atoms with Gasteiger partial charge in [0.05, 0.1) is 17.7 Å². The van der Waals surface area contributed by atoms with Crippen LogP contribution in [0.2, 0.25) is 0 Å². The van der Waals surface area contributed by atoms with E-state index in [4.69, 9.17) is 10.2 Å². The zero-order valence-corrected chi connectivity index (χ0v) is 11.4. The number of carbonyl (C=O) groups is 1. The van der Waals surface area contributed by atoms with E-state index in [1.807, 2.05) is 30.3 Å². The molecule has 1 aromatic carbocycles. The van der Waals surface area contributed by atoms with E-state index < -0.39 is 5.91 Å². The van der Waals surface area contributed by atoms with E-state index in [0.717, 1.165) is 11.1 Å². The lowest BCUT2D eigenvalue weighted by Gasteiger charge is -2.03. The summed E-state index contributed by atoms with van der Waals surface area (Å²) in [5.41, 5.74) is 8.45. The molecular formula is C15H11N5O2. The predicted octanol–water partition coefficient (Wildman–Crippen LogP) is 1.45. The quantitative estimate of drug-likeness (QED) is 0.789. The number of hydrogen-bond acceptors (Lipinski definition) is 5. The maximum Gasteiger partial charge on any atom is 0.285 e. The number of carbonyl (C=O) groups excluding carboxylic acids is 1. The van der Waals surface area contributed by atoms with Crippen molar-refractivity contribution in [2.75, 3.05) is 0 Å². The molecule has 1 amide bonds. The van der Waals surface area contributed by atoms with E-state index in [2.05, 4.69) is 15.3 Å². The zero-order chi connectivity index (χ0) is 15.1. The fraction of sp³-hybridized carbons (Fsp3) is 0.0667. The molecule has 1 aliphatic rings. The minimum absolute atomic E-state index is 0.108. The third kappa shape index (κ3) is 1.83. The number of nitrogens with zero attached hydrogens (tertiary/aromatic N) is 4. The van der Waals surface area contributed by atoms with Crippen LogP contribution in [0.4, 0.5) is 0 Å². The van der Waals surface area contributed by atoms with E-state index in [1.165, 1.54) is 12.6 Å². The van der Waals surface area contributed by atoms with Gasteiger partial charge in [-0.1, -0.05) is 30.3 Å². The number of amides is 1. The Morgan fingerprint density at radius 1 is 1.27 bits per heavy atom. The molecule has 108 valence electrons. The van der Waals surface area contributed by atoms with Crippen LogP contribution in [0.1, 0.15) is 21.9 Å². The zero-order valence-electron chi connectivity index (χ0n) is 11.4. The van der Waals surface area contributed by atoms with Gasteiger partial charge in [0.15, 0.2) is 5.82 Å². The molecular weight excluding hydrogens is 282 g/mol. The Balaban J connectivity index is 1.89. The van der Waals surface area contributed by atoms with Gasteiger partial charge in [-0.25, -0.2) is 4.68 Å². The van der Waals surface area contributed by atoms with Gasteiger partial charge in [0.1, 0.15) is 12.6 Å². The number of primary amides is 1. The van der Waals surface area contributed by atoms with Crippen molar-refractivity contribution in [2.45, 2.75) is 6.42 Å². The highest BCUT2D eigenvalue weighted by Gasteiger charge is 2.28. The van der Waals surface area contributed by atoms with Crippen molar-refractivity contribution in [2.24, 2.45) is 10.8 Å². The van der Waals surface area contributed by atoms with Crippen molar-refractivity contribution in [1.82, 2.24) is 14.9 Å². The molecule has 0 atom stereocenters. The molecule has 3 heterocycles. The van der Waals surface area contributed by atoms with Gasteiger partial charge in [0.2, 0.25) is 5.76 Å². The Hall–Kier alpha value is -3.22. The molecule has 2 N–H and O–H groups in total. The first-order valence-corrected chi connectivity index (χ1v) is 6.68. The van der Waals surface area contributed by atoms with Gasteiger partial charge in [-0.3, -0.25) is 4.79 Å². The summed E-state index contributed by atoms with van der Waals surface area (Å²) >= 11 is 0. The Kier molecular flexibility index (Phi) is 2.65. The number of aromatic nitrogens is 3. The molecule has 0 aliphatic carbocycles. The van der Waals surface area contributed by atoms with Crippen molar-refractivity contribution in [3.63, 3.8) is 0 Å². The lowest BCUT2D eigenvalue weighted by Crippen LogP contribution is -2.15. The lowest BCUT2D eigenvalue weighted by atomic mass is 9.97. The van der Waals surface area contributed by atoms with Crippen LogP contribution in [0.25, 0.3) is 11.1 Å². The number of nitrogens with two attached hydrogens (primary N) is 1. The van der Waals surface area contributed by atoms with Crippen molar-refractivity contribution in [1.29, 1.82) is 0 Å². The molecule has 0 radical (unpaired) electrons. The minimum atomic E-state index is -0.623. The molecule has 0 spiro atoms. The summed E-state index contributed by atoms with van der Waals surface area (Å²) in [5.74, 6) is 0.199. The summed E-state index contributed by atoms with van der Waals surface area (Å²) < 4.78 is 6.98.